The molecule has 0 fully saturated rings. The molecule has 0 aliphatic rings. The summed E-state index contributed by atoms with van der Waals surface area (Å²) in [5.41, 5.74) is 7.70. The van der Waals surface area contributed by atoms with E-state index in [-0.39, 0.29) is 11.3 Å². The fourth-order valence-electron chi connectivity index (χ4n) is 0.704. The normalized spacial score (nSPS) is 13.8. The highest BCUT2D eigenvalue weighted by Gasteiger charge is 2.27. The highest BCUT2D eigenvalue weighted by Crippen LogP contribution is 2.16. The minimum Gasteiger partial charge on any atom is -0.382 e. The predicted octanol–water partition coefficient (Wildman–Crippen LogP) is 0.0540. The second-order valence-corrected chi connectivity index (χ2v) is 4.15. The van der Waals surface area contributed by atoms with Gasteiger partial charge in [0.05, 0.1) is 19.3 Å². The third kappa shape index (κ3) is 5.16. The van der Waals surface area contributed by atoms with Crippen LogP contribution in [0.1, 0.15) is 20.8 Å². The van der Waals surface area contributed by atoms with Gasteiger partial charge < -0.3 is 10.5 Å². The maximum atomic E-state index is 11.4. The van der Waals surface area contributed by atoms with E-state index in [0.29, 0.717) is 13.2 Å². The molecule has 84 valence electrons. The molecule has 5 nitrogen and oxygen atoms in total. The quantitative estimate of drug-likeness (QED) is 0.490. The monoisotopic (exact) mass is 204 g/mol. The molecule has 14 heavy (non-hydrogen) atoms. The summed E-state index contributed by atoms with van der Waals surface area (Å²) in [4.78, 5) is 16.2. The van der Waals surface area contributed by atoms with Gasteiger partial charge in [0.1, 0.15) is 0 Å². The van der Waals surface area contributed by atoms with Crippen molar-refractivity contribution < 1.29 is 14.4 Å². The van der Waals surface area contributed by atoms with Crippen LogP contribution in [0.2, 0.25) is 0 Å². The van der Waals surface area contributed by atoms with Crippen molar-refractivity contribution in [2.45, 2.75) is 26.8 Å². The van der Waals surface area contributed by atoms with E-state index in [0.717, 1.165) is 0 Å². The highest BCUT2D eigenvalue weighted by atomic mass is 16.7. The lowest BCUT2D eigenvalue weighted by atomic mass is 9.87. The molecule has 5 heteroatoms. The molecular weight excluding hydrogens is 184 g/mol. The van der Waals surface area contributed by atoms with Crippen LogP contribution in [0.15, 0.2) is 0 Å². The molecule has 0 aliphatic carbocycles. The van der Waals surface area contributed by atoms with Crippen LogP contribution in [0.25, 0.3) is 0 Å². The number of ether oxygens (including phenoxy) is 1. The number of hydrogen-bond donors (Lipinski definition) is 2. The van der Waals surface area contributed by atoms with Gasteiger partial charge in [-0.1, -0.05) is 20.8 Å². The van der Waals surface area contributed by atoms with Gasteiger partial charge in [0.15, 0.2) is 0 Å². The number of hydroxylamine groups is 1. The molecule has 0 aromatic carbocycles. The van der Waals surface area contributed by atoms with Gasteiger partial charge in [0.25, 0.3) is 5.91 Å². The van der Waals surface area contributed by atoms with E-state index in [2.05, 4.69) is 5.48 Å². The van der Waals surface area contributed by atoms with Crippen molar-refractivity contribution in [2.75, 3.05) is 20.3 Å². The Kier molecular flexibility index (Phi) is 5.68. The Morgan fingerprint density at radius 1 is 1.43 bits per heavy atom. The van der Waals surface area contributed by atoms with Crippen LogP contribution in [-0.4, -0.2) is 32.3 Å². The zero-order chi connectivity index (χ0) is 11.2. The highest BCUT2D eigenvalue weighted by molar-refractivity contribution is 5.81. The fourth-order valence-corrected chi connectivity index (χ4v) is 0.704. The number of rotatable bonds is 5. The van der Waals surface area contributed by atoms with Crippen LogP contribution in [0, 0.1) is 5.41 Å². The van der Waals surface area contributed by atoms with Crippen molar-refractivity contribution in [3.8, 4) is 0 Å². The van der Waals surface area contributed by atoms with Gasteiger partial charge in [-0.25, -0.2) is 5.48 Å². The Morgan fingerprint density at radius 2 is 2.00 bits per heavy atom. The van der Waals surface area contributed by atoms with E-state index >= 15 is 0 Å². The van der Waals surface area contributed by atoms with Crippen molar-refractivity contribution >= 4 is 5.91 Å². The lowest BCUT2D eigenvalue weighted by molar-refractivity contribution is -0.138. The first-order chi connectivity index (χ1) is 6.39. The van der Waals surface area contributed by atoms with E-state index < -0.39 is 6.04 Å². The van der Waals surface area contributed by atoms with Crippen LogP contribution in [0.4, 0.5) is 0 Å². The SMILES string of the molecule is COCCONC(=O)C(N)C(C)(C)C. The first-order valence-corrected chi connectivity index (χ1v) is 4.55. The summed E-state index contributed by atoms with van der Waals surface area (Å²) in [6.07, 6.45) is 0. The molecule has 3 N–H and O–H groups in total. The lowest BCUT2D eigenvalue weighted by Crippen LogP contribution is -2.48. The molecule has 0 rings (SSSR count). The summed E-state index contributed by atoms with van der Waals surface area (Å²) in [7, 11) is 1.56. The molecular formula is C9H20N2O3. The molecule has 0 bridgehead atoms. The van der Waals surface area contributed by atoms with Crippen LogP contribution < -0.4 is 11.2 Å². The maximum Gasteiger partial charge on any atom is 0.260 e. The van der Waals surface area contributed by atoms with E-state index in [4.69, 9.17) is 15.3 Å². The largest absolute Gasteiger partial charge is 0.382 e. The topological polar surface area (TPSA) is 73.6 Å². The summed E-state index contributed by atoms with van der Waals surface area (Å²) in [5, 5.41) is 0. The molecule has 0 heterocycles. The second kappa shape index (κ2) is 5.95. The van der Waals surface area contributed by atoms with Crippen LogP contribution >= 0.6 is 0 Å². The summed E-state index contributed by atoms with van der Waals surface area (Å²) in [6, 6.07) is -0.579. The van der Waals surface area contributed by atoms with E-state index in [9.17, 15) is 4.79 Å². The van der Waals surface area contributed by atoms with Gasteiger partial charge in [0, 0.05) is 7.11 Å². The van der Waals surface area contributed by atoms with Crippen LogP contribution in [0.3, 0.4) is 0 Å². The first-order valence-electron chi connectivity index (χ1n) is 4.55. The minimum absolute atomic E-state index is 0.269. The Hall–Kier alpha value is -0.650. The molecule has 0 saturated carbocycles. The molecule has 0 spiro atoms. The van der Waals surface area contributed by atoms with Gasteiger partial charge in [0.2, 0.25) is 0 Å². The molecule has 1 atom stereocenters. The lowest BCUT2D eigenvalue weighted by Gasteiger charge is -2.25. The Labute approximate surface area is 84.9 Å². The zero-order valence-corrected chi connectivity index (χ0v) is 9.29. The smallest absolute Gasteiger partial charge is 0.260 e. The predicted molar refractivity (Wildman–Crippen MR) is 53.4 cm³/mol. The second-order valence-electron chi connectivity index (χ2n) is 4.15. The number of methoxy groups -OCH3 is 1. The van der Waals surface area contributed by atoms with E-state index in [1.165, 1.54) is 0 Å². The molecule has 1 unspecified atom stereocenters. The third-order valence-corrected chi connectivity index (χ3v) is 1.78. The molecule has 0 aromatic rings. The Bertz CT molecular complexity index is 177. The van der Waals surface area contributed by atoms with Crippen molar-refractivity contribution in [3.05, 3.63) is 0 Å². The number of amides is 1. The van der Waals surface area contributed by atoms with Gasteiger partial charge >= 0.3 is 0 Å². The summed E-state index contributed by atoms with van der Waals surface area (Å²) in [6.45, 7) is 6.44. The van der Waals surface area contributed by atoms with Gasteiger partial charge in [-0.05, 0) is 5.41 Å². The van der Waals surface area contributed by atoms with E-state index in [1.54, 1.807) is 7.11 Å². The van der Waals surface area contributed by atoms with Gasteiger partial charge in [-0.2, -0.15) is 0 Å². The van der Waals surface area contributed by atoms with Crippen molar-refractivity contribution in [1.82, 2.24) is 5.48 Å². The average molecular weight is 204 g/mol. The molecule has 1 amide bonds. The molecule has 0 radical (unpaired) electrons. The third-order valence-electron chi connectivity index (χ3n) is 1.78. The number of nitrogens with two attached hydrogens (primary N) is 1. The van der Waals surface area contributed by atoms with Crippen molar-refractivity contribution in [2.24, 2.45) is 11.1 Å². The number of nitrogens with one attached hydrogen (secondary N) is 1. The maximum absolute atomic E-state index is 11.4. The van der Waals surface area contributed by atoms with Crippen molar-refractivity contribution in [1.29, 1.82) is 0 Å². The minimum atomic E-state index is -0.579. The van der Waals surface area contributed by atoms with Gasteiger partial charge in [-0.3, -0.25) is 9.63 Å². The number of carbonyl (C=O) groups is 1. The standard InChI is InChI=1S/C9H20N2O3/c1-9(2,3)7(10)8(12)11-14-6-5-13-4/h7H,5-6,10H2,1-4H3,(H,11,12). The Morgan fingerprint density at radius 3 is 2.43 bits per heavy atom. The van der Waals surface area contributed by atoms with Crippen LogP contribution in [-0.2, 0) is 14.4 Å². The Balaban J connectivity index is 3.74. The zero-order valence-electron chi connectivity index (χ0n) is 9.29. The first kappa shape index (κ1) is 13.4. The number of carbonyl (C=O) groups excluding carboxylic acids is 1. The van der Waals surface area contributed by atoms with Crippen molar-refractivity contribution in [3.63, 3.8) is 0 Å². The molecule has 0 aromatic heterocycles. The molecule has 0 aliphatic heterocycles. The average Bonchev–Trinajstić information content (AvgIpc) is 2.09. The summed E-state index contributed by atoms with van der Waals surface area (Å²) >= 11 is 0. The van der Waals surface area contributed by atoms with Crippen LogP contribution in [0.5, 0.6) is 0 Å². The van der Waals surface area contributed by atoms with Gasteiger partial charge in [-0.15, -0.1) is 0 Å². The summed E-state index contributed by atoms with van der Waals surface area (Å²) in [5.74, 6) is -0.311. The summed E-state index contributed by atoms with van der Waals surface area (Å²) < 4.78 is 4.74. The fraction of sp³-hybridized carbons (Fsp3) is 0.889. The van der Waals surface area contributed by atoms with E-state index in [1.807, 2.05) is 20.8 Å². The molecule has 0 saturated heterocycles. The number of hydrogen-bond acceptors (Lipinski definition) is 4.